The molecule has 2 fully saturated rings. The van der Waals surface area contributed by atoms with Crippen LogP contribution in [0.4, 0.5) is 0 Å². The molecule has 0 N–H and O–H groups in total. The van der Waals surface area contributed by atoms with Crippen molar-refractivity contribution >= 4 is 23.3 Å². The summed E-state index contributed by atoms with van der Waals surface area (Å²) in [5.74, 6) is 1.76. The molecule has 0 unspecified atom stereocenters. The third-order valence-corrected chi connectivity index (χ3v) is 5.57. The first-order valence-electron chi connectivity index (χ1n) is 6.33. The SMILES string of the molecule is CCSC1(C2CC(=O)CC(=O)C2)CCCC1. The largest absolute Gasteiger partial charge is 0.299 e. The molecule has 0 aromatic rings. The Morgan fingerprint density at radius 2 is 1.75 bits per heavy atom. The lowest BCUT2D eigenvalue weighted by Crippen LogP contribution is -2.38. The van der Waals surface area contributed by atoms with E-state index in [-0.39, 0.29) is 22.7 Å². The highest BCUT2D eigenvalue weighted by Gasteiger charge is 2.44. The topological polar surface area (TPSA) is 34.1 Å². The third kappa shape index (κ3) is 2.34. The van der Waals surface area contributed by atoms with E-state index >= 15 is 0 Å². The van der Waals surface area contributed by atoms with Gasteiger partial charge in [-0.25, -0.2) is 0 Å². The lowest BCUT2D eigenvalue weighted by atomic mass is 9.77. The fourth-order valence-corrected chi connectivity index (χ4v) is 4.84. The van der Waals surface area contributed by atoms with E-state index in [1.807, 2.05) is 11.8 Å². The molecule has 0 heterocycles. The zero-order valence-corrected chi connectivity index (χ0v) is 10.8. The monoisotopic (exact) mass is 240 g/mol. The highest BCUT2D eigenvalue weighted by Crippen LogP contribution is 2.50. The van der Waals surface area contributed by atoms with Crippen molar-refractivity contribution < 1.29 is 9.59 Å². The molecule has 2 aliphatic carbocycles. The van der Waals surface area contributed by atoms with E-state index in [2.05, 4.69) is 6.92 Å². The van der Waals surface area contributed by atoms with Gasteiger partial charge in [-0.15, -0.1) is 0 Å². The highest BCUT2D eigenvalue weighted by molar-refractivity contribution is 8.00. The molecule has 2 aliphatic rings. The molecule has 0 aromatic carbocycles. The molecule has 2 rings (SSSR count). The van der Waals surface area contributed by atoms with E-state index in [0.717, 1.165) is 5.75 Å². The Balaban J connectivity index is 2.13. The van der Waals surface area contributed by atoms with Gasteiger partial charge in [0.2, 0.25) is 0 Å². The maximum atomic E-state index is 11.6. The average molecular weight is 240 g/mol. The molecule has 0 atom stereocenters. The summed E-state index contributed by atoms with van der Waals surface area (Å²) >= 11 is 1.99. The fourth-order valence-electron chi connectivity index (χ4n) is 3.29. The minimum Gasteiger partial charge on any atom is -0.299 e. The Labute approximate surface area is 102 Å². The van der Waals surface area contributed by atoms with Crippen molar-refractivity contribution in [1.82, 2.24) is 0 Å². The van der Waals surface area contributed by atoms with Gasteiger partial charge in [-0.3, -0.25) is 9.59 Å². The van der Waals surface area contributed by atoms with Crippen LogP contribution in [0, 0.1) is 5.92 Å². The van der Waals surface area contributed by atoms with Gasteiger partial charge in [0.05, 0.1) is 6.42 Å². The van der Waals surface area contributed by atoms with E-state index in [1.165, 1.54) is 25.7 Å². The van der Waals surface area contributed by atoms with Crippen LogP contribution in [0.2, 0.25) is 0 Å². The average Bonchev–Trinajstić information content (AvgIpc) is 2.66. The van der Waals surface area contributed by atoms with Crippen LogP contribution in [-0.4, -0.2) is 22.1 Å². The van der Waals surface area contributed by atoms with Crippen LogP contribution in [0.15, 0.2) is 0 Å². The van der Waals surface area contributed by atoms with Crippen LogP contribution in [0.3, 0.4) is 0 Å². The van der Waals surface area contributed by atoms with Gasteiger partial charge in [0.15, 0.2) is 0 Å². The maximum Gasteiger partial charge on any atom is 0.140 e. The lowest BCUT2D eigenvalue weighted by molar-refractivity contribution is -0.131. The maximum absolute atomic E-state index is 11.6. The van der Waals surface area contributed by atoms with E-state index < -0.39 is 0 Å². The number of Topliss-reactive ketones (excluding diaryl/α,β-unsaturated/α-hetero) is 2. The normalized spacial score (nSPS) is 26.3. The van der Waals surface area contributed by atoms with Crippen molar-refractivity contribution in [3.63, 3.8) is 0 Å². The summed E-state index contributed by atoms with van der Waals surface area (Å²) in [6, 6.07) is 0. The second-order valence-electron chi connectivity index (χ2n) is 5.06. The number of hydrogen-bond donors (Lipinski definition) is 0. The molecule has 2 nitrogen and oxygen atoms in total. The molecule has 3 heteroatoms. The summed E-state index contributed by atoms with van der Waals surface area (Å²) in [6.07, 6.45) is 6.45. The molecule has 16 heavy (non-hydrogen) atoms. The Morgan fingerprint density at radius 3 is 2.25 bits per heavy atom. The number of hydrogen-bond acceptors (Lipinski definition) is 3. The van der Waals surface area contributed by atoms with Crippen molar-refractivity contribution in [2.45, 2.75) is 56.6 Å². The van der Waals surface area contributed by atoms with Crippen molar-refractivity contribution in [2.24, 2.45) is 5.92 Å². The summed E-state index contributed by atoms with van der Waals surface area (Å²) in [5.41, 5.74) is 0. The highest BCUT2D eigenvalue weighted by atomic mass is 32.2. The molecule has 0 bridgehead atoms. The molecule has 0 radical (unpaired) electrons. The van der Waals surface area contributed by atoms with Crippen LogP contribution in [-0.2, 0) is 9.59 Å². The van der Waals surface area contributed by atoms with Crippen molar-refractivity contribution in [3.8, 4) is 0 Å². The number of rotatable bonds is 3. The smallest absolute Gasteiger partial charge is 0.140 e. The molecule has 0 aliphatic heterocycles. The lowest BCUT2D eigenvalue weighted by Gasteiger charge is -2.38. The van der Waals surface area contributed by atoms with Gasteiger partial charge in [0, 0.05) is 17.6 Å². The predicted octanol–water partition coefficient (Wildman–Crippen LogP) is 2.99. The molecule has 90 valence electrons. The van der Waals surface area contributed by atoms with E-state index in [0.29, 0.717) is 18.8 Å². The molecule has 0 amide bonds. The summed E-state index contributed by atoms with van der Waals surface area (Å²) < 4.78 is 0.250. The summed E-state index contributed by atoms with van der Waals surface area (Å²) in [6.45, 7) is 2.18. The fraction of sp³-hybridized carbons (Fsp3) is 0.846. The molecule has 0 aromatic heterocycles. The first kappa shape index (κ1) is 12.2. The minimum atomic E-state index is 0.171. The van der Waals surface area contributed by atoms with Crippen LogP contribution < -0.4 is 0 Å². The van der Waals surface area contributed by atoms with Crippen LogP contribution >= 0.6 is 11.8 Å². The van der Waals surface area contributed by atoms with Gasteiger partial charge in [-0.05, 0) is 24.5 Å². The Kier molecular flexibility index (Phi) is 3.73. The number of carbonyl (C=O) groups is 2. The Morgan fingerprint density at radius 1 is 1.19 bits per heavy atom. The van der Waals surface area contributed by atoms with Crippen LogP contribution in [0.25, 0.3) is 0 Å². The van der Waals surface area contributed by atoms with E-state index in [9.17, 15) is 9.59 Å². The molecule has 2 saturated carbocycles. The molecule has 0 saturated heterocycles. The number of thioether (sulfide) groups is 1. The summed E-state index contributed by atoms with van der Waals surface area (Å²) in [4.78, 5) is 23.1. The van der Waals surface area contributed by atoms with Crippen molar-refractivity contribution in [2.75, 3.05) is 5.75 Å². The third-order valence-electron chi connectivity index (χ3n) is 3.97. The van der Waals surface area contributed by atoms with Gasteiger partial charge in [0.25, 0.3) is 0 Å². The van der Waals surface area contributed by atoms with Crippen molar-refractivity contribution in [1.29, 1.82) is 0 Å². The van der Waals surface area contributed by atoms with Gasteiger partial charge in [0.1, 0.15) is 11.6 Å². The second-order valence-corrected chi connectivity index (χ2v) is 6.74. The Bertz CT molecular complexity index is 276. The van der Waals surface area contributed by atoms with Gasteiger partial charge in [-0.2, -0.15) is 11.8 Å². The first-order chi connectivity index (χ1) is 7.66. The second kappa shape index (κ2) is 4.91. The Hall–Kier alpha value is -0.310. The van der Waals surface area contributed by atoms with Crippen LogP contribution in [0.1, 0.15) is 51.9 Å². The van der Waals surface area contributed by atoms with E-state index in [4.69, 9.17) is 0 Å². The molecule has 0 spiro atoms. The predicted molar refractivity (Wildman–Crippen MR) is 66.7 cm³/mol. The summed E-state index contributed by atoms with van der Waals surface area (Å²) in [7, 11) is 0. The number of carbonyl (C=O) groups excluding carboxylic acids is 2. The van der Waals surface area contributed by atoms with E-state index in [1.54, 1.807) is 0 Å². The van der Waals surface area contributed by atoms with Gasteiger partial charge < -0.3 is 0 Å². The number of ketones is 2. The summed E-state index contributed by atoms with van der Waals surface area (Å²) in [5, 5.41) is 0. The molecular weight excluding hydrogens is 220 g/mol. The minimum absolute atomic E-state index is 0.171. The quantitative estimate of drug-likeness (QED) is 0.711. The van der Waals surface area contributed by atoms with Crippen molar-refractivity contribution in [3.05, 3.63) is 0 Å². The zero-order valence-electron chi connectivity index (χ0n) is 9.96. The standard InChI is InChI=1S/C13H20O2S/c1-2-16-13(5-3-4-6-13)10-7-11(14)9-12(15)8-10/h10H,2-9H2,1H3. The first-order valence-corrected chi connectivity index (χ1v) is 7.32. The van der Waals surface area contributed by atoms with Crippen LogP contribution in [0.5, 0.6) is 0 Å². The zero-order chi connectivity index (χ0) is 11.6. The molecular formula is C13H20O2S. The van der Waals surface area contributed by atoms with Gasteiger partial charge >= 0.3 is 0 Å². The van der Waals surface area contributed by atoms with Gasteiger partial charge in [-0.1, -0.05) is 19.8 Å².